The van der Waals surface area contributed by atoms with E-state index in [0.29, 0.717) is 31.1 Å². The van der Waals surface area contributed by atoms with E-state index < -0.39 is 0 Å². The van der Waals surface area contributed by atoms with Crippen molar-refractivity contribution in [3.8, 4) is 0 Å². The second-order valence-corrected chi connectivity index (χ2v) is 4.06. The highest BCUT2D eigenvalue weighted by atomic mass is 16.5. The molecular formula is C13H20N2O3. The first-order valence-electron chi connectivity index (χ1n) is 5.86. The number of nitrogens with one attached hydrogen (secondary N) is 1. The number of rotatable bonds is 7. The molecule has 3 N–H and O–H groups in total. The number of ether oxygens (including phenoxy) is 2. The van der Waals surface area contributed by atoms with Crippen molar-refractivity contribution >= 4 is 11.6 Å². The largest absolute Gasteiger partial charge is 0.399 e. The van der Waals surface area contributed by atoms with Crippen molar-refractivity contribution in [2.45, 2.75) is 13.0 Å². The van der Waals surface area contributed by atoms with Crippen LogP contribution in [0.2, 0.25) is 0 Å². The molecule has 1 unspecified atom stereocenters. The molecular weight excluding hydrogens is 232 g/mol. The minimum Gasteiger partial charge on any atom is -0.399 e. The van der Waals surface area contributed by atoms with Gasteiger partial charge >= 0.3 is 0 Å². The van der Waals surface area contributed by atoms with Crippen molar-refractivity contribution in [2.75, 3.05) is 32.7 Å². The lowest BCUT2D eigenvalue weighted by atomic mass is 10.2. The van der Waals surface area contributed by atoms with Crippen LogP contribution in [0.25, 0.3) is 0 Å². The molecule has 0 fully saturated rings. The van der Waals surface area contributed by atoms with E-state index in [1.165, 1.54) is 0 Å². The molecule has 0 radical (unpaired) electrons. The maximum absolute atomic E-state index is 11.8. The molecule has 0 saturated carbocycles. The molecule has 1 aromatic rings. The standard InChI is InChI=1S/C13H20N2O3/c1-10(9-18-8-7-17-2)15-13(16)11-3-5-12(14)6-4-11/h3-6,10H,7-9,14H2,1-2H3,(H,15,16). The third-order valence-electron chi connectivity index (χ3n) is 2.35. The highest BCUT2D eigenvalue weighted by molar-refractivity contribution is 5.94. The highest BCUT2D eigenvalue weighted by Gasteiger charge is 2.09. The predicted molar refractivity (Wildman–Crippen MR) is 70.5 cm³/mol. The number of carbonyl (C=O) groups excluding carboxylic acids is 1. The molecule has 0 aliphatic heterocycles. The fraction of sp³-hybridized carbons (Fsp3) is 0.462. The van der Waals surface area contributed by atoms with Gasteiger partial charge < -0.3 is 20.5 Å². The summed E-state index contributed by atoms with van der Waals surface area (Å²) in [5.74, 6) is -0.127. The van der Waals surface area contributed by atoms with Crippen LogP contribution in [0.3, 0.4) is 0 Å². The number of hydrogen-bond acceptors (Lipinski definition) is 4. The summed E-state index contributed by atoms with van der Waals surface area (Å²) in [6.07, 6.45) is 0. The Morgan fingerprint density at radius 3 is 2.61 bits per heavy atom. The molecule has 5 heteroatoms. The van der Waals surface area contributed by atoms with Crippen LogP contribution in [-0.4, -0.2) is 38.9 Å². The molecule has 0 bridgehead atoms. The molecule has 100 valence electrons. The van der Waals surface area contributed by atoms with Crippen LogP contribution >= 0.6 is 0 Å². The van der Waals surface area contributed by atoms with E-state index in [1.807, 2.05) is 6.92 Å². The van der Waals surface area contributed by atoms with E-state index in [9.17, 15) is 4.79 Å². The van der Waals surface area contributed by atoms with Gasteiger partial charge in [-0.3, -0.25) is 4.79 Å². The Kier molecular flexibility index (Phi) is 6.18. The van der Waals surface area contributed by atoms with Crippen LogP contribution in [0.1, 0.15) is 17.3 Å². The maximum Gasteiger partial charge on any atom is 0.251 e. The second kappa shape index (κ2) is 7.68. The van der Waals surface area contributed by atoms with Gasteiger partial charge in [0, 0.05) is 24.4 Å². The highest BCUT2D eigenvalue weighted by Crippen LogP contribution is 2.05. The first kappa shape index (κ1) is 14.5. The summed E-state index contributed by atoms with van der Waals surface area (Å²) in [6.45, 7) is 3.43. The van der Waals surface area contributed by atoms with Crippen molar-refractivity contribution in [3.05, 3.63) is 29.8 Å². The van der Waals surface area contributed by atoms with E-state index in [2.05, 4.69) is 5.32 Å². The zero-order valence-electron chi connectivity index (χ0n) is 10.8. The zero-order chi connectivity index (χ0) is 13.4. The van der Waals surface area contributed by atoms with Crippen LogP contribution in [-0.2, 0) is 9.47 Å². The van der Waals surface area contributed by atoms with Crippen LogP contribution in [0.4, 0.5) is 5.69 Å². The molecule has 5 nitrogen and oxygen atoms in total. The van der Waals surface area contributed by atoms with Crippen molar-refractivity contribution in [1.29, 1.82) is 0 Å². The topological polar surface area (TPSA) is 73.6 Å². The number of carbonyl (C=O) groups is 1. The van der Waals surface area contributed by atoms with Gasteiger partial charge in [0.25, 0.3) is 5.91 Å². The quantitative estimate of drug-likeness (QED) is 0.562. The number of nitrogen functional groups attached to an aromatic ring is 1. The van der Waals surface area contributed by atoms with Gasteiger partial charge in [0.2, 0.25) is 0 Å². The lowest BCUT2D eigenvalue weighted by molar-refractivity contribution is 0.0584. The molecule has 0 aliphatic rings. The summed E-state index contributed by atoms with van der Waals surface area (Å²) in [5, 5.41) is 2.85. The monoisotopic (exact) mass is 252 g/mol. The number of amides is 1. The van der Waals surface area contributed by atoms with Gasteiger partial charge in [-0.15, -0.1) is 0 Å². The lowest BCUT2D eigenvalue weighted by Crippen LogP contribution is -2.36. The van der Waals surface area contributed by atoms with Gasteiger partial charge in [-0.05, 0) is 31.2 Å². The summed E-state index contributed by atoms with van der Waals surface area (Å²) in [7, 11) is 1.62. The molecule has 1 atom stereocenters. The van der Waals surface area contributed by atoms with Crippen LogP contribution in [0.15, 0.2) is 24.3 Å². The summed E-state index contributed by atoms with van der Waals surface area (Å²) in [6, 6.07) is 6.75. The lowest BCUT2D eigenvalue weighted by Gasteiger charge is -2.14. The fourth-order valence-corrected chi connectivity index (χ4v) is 1.39. The van der Waals surface area contributed by atoms with E-state index in [-0.39, 0.29) is 11.9 Å². The first-order chi connectivity index (χ1) is 8.63. The van der Waals surface area contributed by atoms with Crippen molar-refractivity contribution in [1.82, 2.24) is 5.32 Å². The first-order valence-corrected chi connectivity index (χ1v) is 5.86. The average Bonchev–Trinajstić information content (AvgIpc) is 2.35. The molecule has 0 aromatic heterocycles. The summed E-state index contributed by atoms with van der Waals surface area (Å²) < 4.78 is 10.2. The second-order valence-electron chi connectivity index (χ2n) is 4.06. The van der Waals surface area contributed by atoms with Gasteiger partial charge in [0.1, 0.15) is 0 Å². The molecule has 1 aromatic carbocycles. The third kappa shape index (κ3) is 5.16. The smallest absolute Gasteiger partial charge is 0.251 e. The summed E-state index contributed by atoms with van der Waals surface area (Å²) in [4.78, 5) is 11.8. The van der Waals surface area contributed by atoms with Crippen LogP contribution in [0, 0.1) is 0 Å². The van der Waals surface area contributed by atoms with E-state index in [1.54, 1.807) is 31.4 Å². The number of benzene rings is 1. The Labute approximate surface area is 107 Å². The molecule has 1 amide bonds. The molecule has 0 heterocycles. The van der Waals surface area contributed by atoms with Crippen LogP contribution < -0.4 is 11.1 Å². The van der Waals surface area contributed by atoms with Gasteiger partial charge in [0.05, 0.1) is 19.8 Å². The normalized spacial score (nSPS) is 12.1. The Hall–Kier alpha value is -1.59. The van der Waals surface area contributed by atoms with E-state index >= 15 is 0 Å². The number of anilines is 1. The van der Waals surface area contributed by atoms with E-state index in [4.69, 9.17) is 15.2 Å². The number of hydrogen-bond donors (Lipinski definition) is 2. The Morgan fingerprint density at radius 1 is 1.33 bits per heavy atom. The Balaban J connectivity index is 2.33. The van der Waals surface area contributed by atoms with Crippen LogP contribution in [0.5, 0.6) is 0 Å². The zero-order valence-corrected chi connectivity index (χ0v) is 10.8. The molecule has 18 heavy (non-hydrogen) atoms. The molecule has 0 spiro atoms. The minimum atomic E-state index is -0.127. The minimum absolute atomic E-state index is 0.0492. The predicted octanol–water partition coefficient (Wildman–Crippen LogP) is 1.05. The fourth-order valence-electron chi connectivity index (χ4n) is 1.39. The maximum atomic E-state index is 11.8. The number of methoxy groups -OCH3 is 1. The SMILES string of the molecule is COCCOCC(C)NC(=O)c1ccc(N)cc1. The molecule has 0 saturated heterocycles. The van der Waals surface area contributed by atoms with Crippen molar-refractivity contribution in [3.63, 3.8) is 0 Å². The van der Waals surface area contributed by atoms with Gasteiger partial charge in [-0.25, -0.2) is 0 Å². The third-order valence-corrected chi connectivity index (χ3v) is 2.35. The average molecular weight is 252 g/mol. The molecule has 1 rings (SSSR count). The van der Waals surface area contributed by atoms with E-state index in [0.717, 1.165) is 0 Å². The number of nitrogens with two attached hydrogens (primary N) is 1. The summed E-state index contributed by atoms with van der Waals surface area (Å²) in [5.41, 5.74) is 6.79. The van der Waals surface area contributed by atoms with Gasteiger partial charge in [-0.2, -0.15) is 0 Å². The van der Waals surface area contributed by atoms with Crippen molar-refractivity contribution in [2.24, 2.45) is 0 Å². The Bertz CT molecular complexity index is 365. The van der Waals surface area contributed by atoms with Gasteiger partial charge in [-0.1, -0.05) is 0 Å². The van der Waals surface area contributed by atoms with Gasteiger partial charge in [0.15, 0.2) is 0 Å². The summed E-state index contributed by atoms with van der Waals surface area (Å²) >= 11 is 0. The van der Waals surface area contributed by atoms with Crippen molar-refractivity contribution < 1.29 is 14.3 Å². The molecule has 0 aliphatic carbocycles. The Morgan fingerprint density at radius 2 is 2.00 bits per heavy atom.